The standard InChI is InChI=1S/C25H18Cl2N4O/c26-19-8-6-17(22(27)14-19)7-13-25(32)31-21-11-9-20(10-12-21)30-24-15-23(28-16-29-24)18-4-2-1-3-5-18/h1-16H,(H,31,32)(H,28,29,30)/b13-7+. The maximum absolute atomic E-state index is 12.2. The van der Waals surface area contributed by atoms with E-state index in [-0.39, 0.29) is 5.91 Å². The first-order valence-electron chi connectivity index (χ1n) is 9.75. The first-order valence-corrected chi connectivity index (χ1v) is 10.5. The van der Waals surface area contributed by atoms with Crippen molar-refractivity contribution in [2.24, 2.45) is 0 Å². The molecule has 0 fully saturated rings. The molecule has 0 unspecified atom stereocenters. The molecule has 0 bridgehead atoms. The Morgan fingerprint density at radius 2 is 1.59 bits per heavy atom. The summed E-state index contributed by atoms with van der Waals surface area (Å²) in [6.07, 6.45) is 4.59. The minimum Gasteiger partial charge on any atom is -0.340 e. The van der Waals surface area contributed by atoms with Crippen LogP contribution < -0.4 is 10.6 Å². The molecule has 4 aromatic rings. The quantitative estimate of drug-likeness (QED) is 0.309. The number of benzene rings is 3. The molecule has 5 nitrogen and oxygen atoms in total. The second kappa shape index (κ2) is 10.1. The van der Waals surface area contributed by atoms with E-state index < -0.39 is 0 Å². The van der Waals surface area contributed by atoms with Crippen LogP contribution in [0.1, 0.15) is 5.56 Å². The number of halogens is 2. The molecule has 7 heteroatoms. The van der Waals surface area contributed by atoms with E-state index in [2.05, 4.69) is 20.6 Å². The summed E-state index contributed by atoms with van der Waals surface area (Å²) in [6.45, 7) is 0. The van der Waals surface area contributed by atoms with Crippen molar-refractivity contribution < 1.29 is 4.79 Å². The lowest BCUT2D eigenvalue weighted by molar-refractivity contribution is -0.111. The highest BCUT2D eigenvalue weighted by Crippen LogP contribution is 2.23. The van der Waals surface area contributed by atoms with Gasteiger partial charge in [0.1, 0.15) is 12.1 Å². The highest BCUT2D eigenvalue weighted by atomic mass is 35.5. The predicted molar refractivity (Wildman–Crippen MR) is 131 cm³/mol. The van der Waals surface area contributed by atoms with Gasteiger partial charge in [-0.15, -0.1) is 0 Å². The molecule has 0 atom stereocenters. The van der Waals surface area contributed by atoms with E-state index in [1.54, 1.807) is 24.3 Å². The van der Waals surface area contributed by atoms with E-state index in [4.69, 9.17) is 23.2 Å². The Morgan fingerprint density at radius 3 is 2.34 bits per heavy atom. The third kappa shape index (κ3) is 5.72. The molecule has 1 heterocycles. The first kappa shape index (κ1) is 21.6. The minimum absolute atomic E-state index is 0.264. The van der Waals surface area contributed by atoms with Crippen LogP contribution in [0, 0.1) is 0 Å². The summed E-state index contributed by atoms with van der Waals surface area (Å²) in [5.74, 6) is 0.415. The number of carbonyl (C=O) groups excluding carboxylic acids is 1. The van der Waals surface area contributed by atoms with Gasteiger partial charge in [-0.2, -0.15) is 0 Å². The molecule has 32 heavy (non-hydrogen) atoms. The smallest absolute Gasteiger partial charge is 0.248 e. The van der Waals surface area contributed by atoms with Crippen LogP contribution in [-0.2, 0) is 4.79 Å². The van der Waals surface area contributed by atoms with Gasteiger partial charge in [-0.3, -0.25) is 4.79 Å². The van der Waals surface area contributed by atoms with Crippen molar-refractivity contribution in [3.63, 3.8) is 0 Å². The molecule has 158 valence electrons. The Bertz CT molecular complexity index is 1260. The van der Waals surface area contributed by atoms with Gasteiger partial charge in [-0.05, 0) is 48.0 Å². The maximum Gasteiger partial charge on any atom is 0.248 e. The fourth-order valence-corrected chi connectivity index (χ4v) is 3.43. The molecule has 0 aliphatic carbocycles. The van der Waals surface area contributed by atoms with E-state index >= 15 is 0 Å². The predicted octanol–water partition coefficient (Wildman–Crippen LogP) is 6.85. The lowest BCUT2D eigenvalue weighted by Gasteiger charge is -2.08. The summed E-state index contributed by atoms with van der Waals surface area (Å²) < 4.78 is 0. The van der Waals surface area contributed by atoms with Gasteiger partial charge < -0.3 is 10.6 Å². The van der Waals surface area contributed by atoms with Crippen LogP contribution in [0.15, 0.2) is 91.3 Å². The lowest BCUT2D eigenvalue weighted by atomic mass is 10.1. The van der Waals surface area contributed by atoms with Crippen LogP contribution in [0.25, 0.3) is 17.3 Å². The second-order valence-corrected chi connectivity index (χ2v) is 7.69. The molecule has 0 aliphatic rings. The third-order valence-corrected chi connectivity index (χ3v) is 5.10. The van der Waals surface area contributed by atoms with Gasteiger partial charge in [0.2, 0.25) is 5.91 Å². The second-order valence-electron chi connectivity index (χ2n) is 6.85. The molecule has 0 radical (unpaired) electrons. The van der Waals surface area contributed by atoms with Crippen LogP contribution in [0.5, 0.6) is 0 Å². The van der Waals surface area contributed by atoms with Crippen molar-refractivity contribution in [3.8, 4) is 11.3 Å². The van der Waals surface area contributed by atoms with Crippen LogP contribution in [-0.4, -0.2) is 15.9 Å². The van der Waals surface area contributed by atoms with Gasteiger partial charge in [-0.1, -0.05) is 59.6 Å². The van der Waals surface area contributed by atoms with Crippen molar-refractivity contribution in [2.45, 2.75) is 0 Å². The van der Waals surface area contributed by atoms with E-state index in [1.807, 2.05) is 60.7 Å². The van der Waals surface area contributed by atoms with Crippen LogP contribution in [0.4, 0.5) is 17.2 Å². The topological polar surface area (TPSA) is 66.9 Å². The van der Waals surface area contributed by atoms with E-state index in [0.29, 0.717) is 27.1 Å². The molecule has 2 N–H and O–H groups in total. The zero-order valence-corrected chi connectivity index (χ0v) is 18.3. The number of carbonyl (C=O) groups is 1. The van der Waals surface area contributed by atoms with Crippen LogP contribution >= 0.6 is 23.2 Å². The molecule has 0 saturated carbocycles. The highest BCUT2D eigenvalue weighted by molar-refractivity contribution is 6.35. The molecule has 0 saturated heterocycles. The van der Waals surface area contributed by atoms with Crippen LogP contribution in [0.3, 0.4) is 0 Å². The summed E-state index contributed by atoms with van der Waals surface area (Å²) in [6, 6.07) is 24.2. The Hall–Kier alpha value is -3.67. The Labute approximate surface area is 195 Å². The molecule has 4 rings (SSSR count). The van der Waals surface area contributed by atoms with Crippen molar-refractivity contribution in [3.05, 3.63) is 107 Å². The molecule has 1 aromatic heterocycles. The average molecular weight is 461 g/mol. The zero-order chi connectivity index (χ0) is 22.3. The lowest BCUT2D eigenvalue weighted by Crippen LogP contribution is -2.07. The van der Waals surface area contributed by atoms with Gasteiger partial charge in [-0.25, -0.2) is 9.97 Å². The Kier molecular flexibility index (Phi) is 6.80. The first-order chi connectivity index (χ1) is 15.6. The number of nitrogens with one attached hydrogen (secondary N) is 2. The summed E-state index contributed by atoms with van der Waals surface area (Å²) in [5.41, 5.74) is 4.07. The monoisotopic (exact) mass is 460 g/mol. The van der Waals surface area contributed by atoms with Gasteiger partial charge in [0.15, 0.2) is 0 Å². The van der Waals surface area contributed by atoms with Crippen LogP contribution in [0.2, 0.25) is 10.0 Å². The molecular formula is C25H18Cl2N4O. The fourth-order valence-electron chi connectivity index (χ4n) is 2.96. The average Bonchev–Trinajstić information content (AvgIpc) is 2.81. The summed E-state index contributed by atoms with van der Waals surface area (Å²) in [5, 5.41) is 7.09. The van der Waals surface area contributed by atoms with E-state index in [9.17, 15) is 4.79 Å². The van der Waals surface area contributed by atoms with Gasteiger partial charge in [0, 0.05) is 39.1 Å². The number of aromatic nitrogens is 2. The van der Waals surface area contributed by atoms with Gasteiger partial charge >= 0.3 is 0 Å². The number of amides is 1. The van der Waals surface area contributed by atoms with Crippen molar-refractivity contribution in [1.29, 1.82) is 0 Å². The number of nitrogens with zero attached hydrogens (tertiary/aromatic N) is 2. The Balaban J connectivity index is 1.38. The normalized spacial score (nSPS) is 10.8. The maximum atomic E-state index is 12.2. The zero-order valence-electron chi connectivity index (χ0n) is 16.8. The summed E-state index contributed by atoms with van der Waals surface area (Å²) >= 11 is 12.0. The van der Waals surface area contributed by atoms with Crippen molar-refractivity contribution in [1.82, 2.24) is 9.97 Å². The SMILES string of the molecule is O=C(/C=C/c1ccc(Cl)cc1Cl)Nc1ccc(Nc2cc(-c3ccccc3)ncn2)cc1. The number of rotatable bonds is 6. The number of hydrogen-bond acceptors (Lipinski definition) is 4. The molecular weight excluding hydrogens is 443 g/mol. The number of anilines is 3. The summed E-state index contributed by atoms with van der Waals surface area (Å²) in [7, 11) is 0. The van der Waals surface area contributed by atoms with Gasteiger partial charge in [0.25, 0.3) is 0 Å². The summed E-state index contributed by atoms with van der Waals surface area (Å²) in [4.78, 5) is 20.8. The third-order valence-electron chi connectivity index (χ3n) is 4.54. The highest BCUT2D eigenvalue weighted by Gasteiger charge is 2.04. The van der Waals surface area contributed by atoms with Crippen molar-refractivity contribution >= 4 is 52.4 Å². The minimum atomic E-state index is -0.264. The largest absolute Gasteiger partial charge is 0.340 e. The molecule has 3 aromatic carbocycles. The van der Waals surface area contributed by atoms with E-state index in [0.717, 1.165) is 16.9 Å². The molecule has 1 amide bonds. The molecule has 0 aliphatic heterocycles. The number of hydrogen-bond donors (Lipinski definition) is 2. The van der Waals surface area contributed by atoms with Crippen molar-refractivity contribution in [2.75, 3.05) is 10.6 Å². The Morgan fingerprint density at radius 1 is 0.844 bits per heavy atom. The van der Waals surface area contributed by atoms with E-state index in [1.165, 1.54) is 12.4 Å². The fraction of sp³-hybridized carbons (Fsp3) is 0. The molecule has 0 spiro atoms. The van der Waals surface area contributed by atoms with Gasteiger partial charge in [0.05, 0.1) is 5.69 Å².